The van der Waals surface area contributed by atoms with Crippen LogP contribution >= 0.6 is 11.6 Å². The molecule has 17 heavy (non-hydrogen) atoms. The van der Waals surface area contributed by atoms with E-state index in [2.05, 4.69) is 31.1 Å². The van der Waals surface area contributed by atoms with E-state index in [1.807, 2.05) is 6.92 Å². The number of anilines is 1. The predicted molar refractivity (Wildman–Crippen MR) is 68.4 cm³/mol. The van der Waals surface area contributed by atoms with Crippen molar-refractivity contribution >= 4 is 23.1 Å². The first-order valence-corrected chi connectivity index (χ1v) is 5.66. The average Bonchev–Trinajstić information content (AvgIpc) is 2.19. The van der Waals surface area contributed by atoms with E-state index in [0.717, 1.165) is 0 Å². The van der Waals surface area contributed by atoms with Crippen molar-refractivity contribution in [2.75, 3.05) is 5.32 Å². The Morgan fingerprint density at radius 2 is 2.12 bits per heavy atom. The first-order chi connectivity index (χ1) is 7.71. The van der Waals surface area contributed by atoms with Crippen molar-refractivity contribution in [3.05, 3.63) is 27.4 Å². The third kappa shape index (κ3) is 3.56. The van der Waals surface area contributed by atoms with Crippen molar-refractivity contribution < 1.29 is 4.92 Å². The number of aromatic nitrogens is 1. The molecule has 0 aliphatic carbocycles. The lowest BCUT2D eigenvalue weighted by atomic mass is 9.88. The molecule has 0 saturated carbocycles. The minimum Gasteiger partial charge on any atom is -0.366 e. The normalized spacial score (nSPS) is 13.2. The lowest BCUT2D eigenvalue weighted by Gasteiger charge is -2.28. The van der Waals surface area contributed by atoms with Gasteiger partial charge in [-0.15, -0.1) is 0 Å². The third-order valence-corrected chi connectivity index (χ3v) is 2.98. The van der Waals surface area contributed by atoms with Gasteiger partial charge in [0.2, 0.25) is 0 Å². The van der Waals surface area contributed by atoms with Gasteiger partial charge in [0.05, 0.1) is 9.95 Å². The summed E-state index contributed by atoms with van der Waals surface area (Å²) >= 11 is 5.94. The molecule has 94 valence electrons. The molecule has 0 aliphatic heterocycles. The van der Waals surface area contributed by atoms with E-state index >= 15 is 0 Å². The number of hydrogen-bond acceptors (Lipinski definition) is 4. The van der Waals surface area contributed by atoms with Crippen LogP contribution in [0.4, 0.5) is 11.5 Å². The van der Waals surface area contributed by atoms with E-state index in [1.54, 1.807) is 0 Å². The van der Waals surface area contributed by atoms with Crippen LogP contribution in [0.15, 0.2) is 12.3 Å². The number of hydrogen-bond donors (Lipinski definition) is 1. The van der Waals surface area contributed by atoms with Gasteiger partial charge >= 0.3 is 0 Å². The van der Waals surface area contributed by atoms with E-state index in [9.17, 15) is 10.1 Å². The Morgan fingerprint density at radius 1 is 1.53 bits per heavy atom. The molecule has 0 aromatic carbocycles. The van der Waals surface area contributed by atoms with Gasteiger partial charge in [-0.05, 0) is 12.3 Å². The fourth-order valence-electron chi connectivity index (χ4n) is 1.06. The zero-order valence-electron chi connectivity index (χ0n) is 10.3. The molecule has 0 amide bonds. The Bertz CT molecular complexity index is 429. The van der Waals surface area contributed by atoms with Gasteiger partial charge in [-0.3, -0.25) is 10.1 Å². The maximum Gasteiger partial charge on any atom is 0.289 e. The zero-order valence-corrected chi connectivity index (χ0v) is 11.1. The van der Waals surface area contributed by atoms with Crippen molar-refractivity contribution in [2.24, 2.45) is 5.41 Å². The minimum absolute atomic E-state index is 0.0484. The molecule has 5 nitrogen and oxygen atoms in total. The van der Waals surface area contributed by atoms with Gasteiger partial charge in [0.15, 0.2) is 0 Å². The molecule has 1 aromatic rings. The van der Waals surface area contributed by atoms with Gasteiger partial charge in [-0.25, -0.2) is 4.98 Å². The van der Waals surface area contributed by atoms with Gasteiger partial charge in [0, 0.05) is 12.1 Å². The number of nitro groups is 1. The van der Waals surface area contributed by atoms with Crippen LogP contribution in [0.1, 0.15) is 27.7 Å². The van der Waals surface area contributed by atoms with Gasteiger partial charge in [0.25, 0.3) is 5.69 Å². The molecule has 6 heteroatoms. The Kier molecular flexibility index (Phi) is 3.93. The summed E-state index contributed by atoms with van der Waals surface area (Å²) in [6, 6.07) is 1.45. The van der Waals surface area contributed by atoms with Crippen LogP contribution in [-0.2, 0) is 0 Å². The lowest BCUT2D eigenvalue weighted by Crippen LogP contribution is -2.31. The monoisotopic (exact) mass is 257 g/mol. The Morgan fingerprint density at radius 3 is 2.53 bits per heavy atom. The highest BCUT2D eigenvalue weighted by Crippen LogP contribution is 2.28. The molecule has 0 saturated heterocycles. The first-order valence-electron chi connectivity index (χ1n) is 5.28. The van der Waals surface area contributed by atoms with E-state index in [-0.39, 0.29) is 22.2 Å². The second kappa shape index (κ2) is 4.87. The number of halogens is 1. The number of rotatable bonds is 3. The molecule has 1 atom stereocenters. The van der Waals surface area contributed by atoms with Crippen LogP contribution in [0.2, 0.25) is 5.02 Å². The molecule has 1 heterocycles. The van der Waals surface area contributed by atoms with Crippen molar-refractivity contribution in [1.82, 2.24) is 4.98 Å². The molecular weight excluding hydrogens is 242 g/mol. The van der Waals surface area contributed by atoms with E-state index in [1.165, 1.54) is 12.3 Å². The van der Waals surface area contributed by atoms with Crippen molar-refractivity contribution in [3.8, 4) is 0 Å². The van der Waals surface area contributed by atoms with Crippen LogP contribution < -0.4 is 5.32 Å². The van der Waals surface area contributed by atoms with Crippen LogP contribution in [-0.4, -0.2) is 15.9 Å². The standard InChI is InChI=1S/C11H16ClN3O2/c1-7(11(2,3)4)14-10-9(12)5-8(6-13-10)15(16)17/h5-7H,1-4H3,(H,13,14). The third-order valence-electron chi connectivity index (χ3n) is 2.69. The fraction of sp³-hybridized carbons (Fsp3) is 0.545. The first kappa shape index (κ1) is 13.7. The number of pyridine rings is 1. The summed E-state index contributed by atoms with van der Waals surface area (Å²) < 4.78 is 0. The fourth-order valence-corrected chi connectivity index (χ4v) is 1.27. The summed E-state index contributed by atoms with van der Waals surface area (Å²) in [4.78, 5) is 14.0. The van der Waals surface area contributed by atoms with Crippen molar-refractivity contribution in [1.29, 1.82) is 0 Å². The molecule has 1 N–H and O–H groups in total. The summed E-state index contributed by atoms with van der Waals surface area (Å²) in [5, 5.41) is 13.9. The average molecular weight is 258 g/mol. The van der Waals surface area contributed by atoms with E-state index < -0.39 is 4.92 Å². The predicted octanol–water partition coefficient (Wildman–Crippen LogP) is 3.49. The van der Waals surface area contributed by atoms with Gasteiger partial charge < -0.3 is 5.32 Å². The van der Waals surface area contributed by atoms with Crippen LogP contribution in [0, 0.1) is 15.5 Å². The molecule has 1 unspecified atom stereocenters. The molecule has 0 fully saturated rings. The lowest BCUT2D eigenvalue weighted by molar-refractivity contribution is -0.385. The molecule has 0 aliphatic rings. The summed E-state index contributed by atoms with van der Waals surface area (Å²) in [6.07, 6.45) is 1.20. The summed E-state index contributed by atoms with van der Waals surface area (Å²) in [6.45, 7) is 8.28. The quantitative estimate of drug-likeness (QED) is 0.665. The highest BCUT2D eigenvalue weighted by Gasteiger charge is 2.21. The minimum atomic E-state index is -0.518. The Hall–Kier alpha value is -1.36. The topological polar surface area (TPSA) is 68.1 Å². The van der Waals surface area contributed by atoms with Gasteiger partial charge in [-0.2, -0.15) is 0 Å². The molecule has 1 rings (SSSR count). The van der Waals surface area contributed by atoms with Crippen LogP contribution in [0.3, 0.4) is 0 Å². The smallest absolute Gasteiger partial charge is 0.289 e. The van der Waals surface area contributed by atoms with E-state index in [0.29, 0.717) is 5.82 Å². The Labute approximate surface area is 105 Å². The van der Waals surface area contributed by atoms with Crippen LogP contribution in [0.25, 0.3) is 0 Å². The largest absolute Gasteiger partial charge is 0.366 e. The van der Waals surface area contributed by atoms with E-state index in [4.69, 9.17) is 11.6 Å². The number of nitrogens with zero attached hydrogens (tertiary/aromatic N) is 2. The van der Waals surface area contributed by atoms with Gasteiger partial charge in [-0.1, -0.05) is 32.4 Å². The maximum absolute atomic E-state index is 10.5. The summed E-state index contributed by atoms with van der Waals surface area (Å²) in [7, 11) is 0. The SMILES string of the molecule is CC(Nc1ncc([N+](=O)[O-])cc1Cl)C(C)(C)C. The van der Waals surface area contributed by atoms with Crippen LogP contribution in [0.5, 0.6) is 0 Å². The van der Waals surface area contributed by atoms with Gasteiger partial charge in [0.1, 0.15) is 12.0 Å². The second-order valence-electron chi connectivity index (χ2n) is 5.01. The highest BCUT2D eigenvalue weighted by molar-refractivity contribution is 6.33. The van der Waals surface area contributed by atoms with Crippen molar-refractivity contribution in [3.63, 3.8) is 0 Å². The molecular formula is C11H16ClN3O2. The number of nitrogens with one attached hydrogen (secondary N) is 1. The molecule has 0 radical (unpaired) electrons. The summed E-state index contributed by atoms with van der Waals surface area (Å²) in [5.41, 5.74) is -0.0590. The maximum atomic E-state index is 10.5. The molecule has 0 spiro atoms. The highest BCUT2D eigenvalue weighted by atomic mass is 35.5. The summed E-state index contributed by atoms with van der Waals surface area (Å²) in [5.74, 6) is 0.472. The second-order valence-corrected chi connectivity index (χ2v) is 5.42. The van der Waals surface area contributed by atoms with Crippen molar-refractivity contribution in [2.45, 2.75) is 33.7 Å². The Balaban J connectivity index is 2.90. The molecule has 0 bridgehead atoms. The zero-order chi connectivity index (χ0) is 13.2. The molecule has 1 aromatic heterocycles.